The van der Waals surface area contributed by atoms with Gasteiger partial charge < -0.3 is 4.79 Å². The Bertz CT molecular complexity index is 488. The molecule has 0 aliphatic heterocycles. The zero-order chi connectivity index (χ0) is 12.1. The SMILES string of the molecule is CC(CC=O)c1ccccc1-c1ccccc1. The van der Waals surface area contributed by atoms with Gasteiger partial charge in [-0.2, -0.15) is 0 Å². The summed E-state index contributed by atoms with van der Waals surface area (Å²) in [7, 11) is 0. The van der Waals surface area contributed by atoms with E-state index in [1.54, 1.807) is 0 Å². The minimum atomic E-state index is 0.268. The van der Waals surface area contributed by atoms with Crippen molar-refractivity contribution >= 4 is 6.29 Å². The molecule has 0 aromatic heterocycles. The molecule has 0 saturated carbocycles. The van der Waals surface area contributed by atoms with Gasteiger partial charge in [-0.25, -0.2) is 0 Å². The molecule has 0 bridgehead atoms. The Balaban J connectivity index is 2.44. The van der Waals surface area contributed by atoms with Crippen molar-refractivity contribution in [3.05, 3.63) is 60.2 Å². The first-order valence-electron chi connectivity index (χ1n) is 5.91. The number of aldehydes is 1. The van der Waals surface area contributed by atoms with Crippen molar-refractivity contribution in [1.82, 2.24) is 0 Å². The molecule has 86 valence electrons. The van der Waals surface area contributed by atoms with Crippen molar-refractivity contribution in [2.24, 2.45) is 0 Å². The summed E-state index contributed by atoms with van der Waals surface area (Å²) in [6.45, 7) is 2.09. The first-order valence-corrected chi connectivity index (χ1v) is 5.91. The van der Waals surface area contributed by atoms with Crippen LogP contribution in [0.15, 0.2) is 54.6 Å². The Morgan fingerprint density at radius 1 is 1.00 bits per heavy atom. The predicted molar refractivity (Wildman–Crippen MR) is 71.0 cm³/mol. The molecule has 0 aliphatic carbocycles. The van der Waals surface area contributed by atoms with Crippen molar-refractivity contribution in [3.8, 4) is 11.1 Å². The molecule has 0 heterocycles. The van der Waals surface area contributed by atoms with E-state index in [2.05, 4.69) is 31.2 Å². The summed E-state index contributed by atoms with van der Waals surface area (Å²) in [4.78, 5) is 10.6. The van der Waals surface area contributed by atoms with E-state index in [1.807, 2.05) is 30.3 Å². The molecule has 0 saturated heterocycles. The molecule has 0 aliphatic rings. The topological polar surface area (TPSA) is 17.1 Å². The van der Waals surface area contributed by atoms with Gasteiger partial charge in [-0.05, 0) is 22.6 Å². The molecule has 1 heteroatoms. The van der Waals surface area contributed by atoms with Gasteiger partial charge in [-0.15, -0.1) is 0 Å². The van der Waals surface area contributed by atoms with E-state index in [-0.39, 0.29) is 5.92 Å². The highest BCUT2D eigenvalue weighted by atomic mass is 16.1. The Kier molecular flexibility index (Phi) is 3.71. The third-order valence-electron chi connectivity index (χ3n) is 3.03. The van der Waals surface area contributed by atoms with Crippen LogP contribution < -0.4 is 0 Å². The van der Waals surface area contributed by atoms with Crippen LogP contribution in [0.25, 0.3) is 11.1 Å². The second-order valence-corrected chi connectivity index (χ2v) is 4.26. The Morgan fingerprint density at radius 3 is 2.35 bits per heavy atom. The largest absolute Gasteiger partial charge is 0.303 e. The van der Waals surface area contributed by atoms with Crippen molar-refractivity contribution in [1.29, 1.82) is 0 Å². The molecule has 1 unspecified atom stereocenters. The van der Waals surface area contributed by atoms with Gasteiger partial charge in [0.15, 0.2) is 0 Å². The first kappa shape index (κ1) is 11.6. The molecule has 0 fully saturated rings. The summed E-state index contributed by atoms with van der Waals surface area (Å²) < 4.78 is 0. The van der Waals surface area contributed by atoms with Crippen LogP contribution in [-0.2, 0) is 4.79 Å². The second kappa shape index (κ2) is 5.44. The number of carbonyl (C=O) groups excluding carboxylic acids is 1. The molecule has 2 rings (SSSR count). The molecule has 0 radical (unpaired) electrons. The van der Waals surface area contributed by atoms with E-state index in [1.165, 1.54) is 16.7 Å². The van der Waals surface area contributed by atoms with Gasteiger partial charge in [0.05, 0.1) is 0 Å². The van der Waals surface area contributed by atoms with Crippen molar-refractivity contribution in [2.75, 3.05) is 0 Å². The summed E-state index contributed by atoms with van der Waals surface area (Å²) >= 11 is 0. The zero-order valence-electron chi connectivity index (χ0n) is 9.97. The quantitative estimate of drug-likeness (QED) is 0.716. The van der Waals surface area contributed by atoms with Crippen LogP contribution in [0.5, 0.6) is 0 Å². The van der Waals surface area contributed by atoms with E-state index in [0.29, 0.717) is 6.42 Å². The van der Waals surface area contributed by atoms with E-state index in [4.69, 9.17) is 0 Å². The van der Waals surface area contributed by atoms with Crippen LogP contribution >= 0.6 is 0 Å². The van der Waals surface area contributed by atoms with Crippen LogP contribution in [0.1, 0.15) is 24.8 Å². The lowest BCUT2D eigenvalue weighted by Crippen LogP contribution is -1.97. The number of rotatable bonds is 4. The average molecular weight is 224 g/mol. The maximum atomic E-state index is 10.6. The van der Waals surface area contributed by atoms with Crippen molar-refractivity contribution < 1.29 is 4.79 Å². The third kappa shape index (κ3) is 2.62. The number of hydrogen-bond donors (Lipinski definition) is 0. The van der Waals surface area contributed by atoms with Gasteiger partial charge in [-0.1, -0.05) is 61.5 Å². The molecule has 1 atom stereocenters. The molecule has 2 aromatic carbocycles. The first-order chi connectivity index (χ1) is 8.33. The monoisotopic (exact) mass is 224 g/mol. The lowest BCUT2D eigenvalue weighted by atomic mass is 9.90. The Labute approximate surface area is 102 Å². The average Bonchev–Trinajstić information content (AvgIpc) is 2.40. The van der Waals surface area contributed by atoms with Crippen LogP contribution in [0.3, 0.4) is 0 Å². The predicted octanol–water partition coefficient (Wildman–Crippen LogP) is 4.05. The Hall–Kier alpha value is -1.89. The van der Waals surface area contributed by atoms with Crippen molar-refractivity contribution in [2.45, 2.75) is 19.3 Å². The number of carbonyl (C=O) groups is 1. The maximum Gasteiger partial charge on any atom is 0.120 e. The summed E-state index contributed by atoms with van der Waals surface area (Å²) in [5.41, 5.74) is 3.68. The highest BCUT2D eigenvalue weighted by molar-refractivity contribution is 5.68. The fraction of sp³-hybridized carbons (Fsp3) is 0.188. The maximum absolute atomic E-state index is 10.6. The smallest absolute Gasteiger partial charge is 0.120 e. The second-order valence-electron chi connectivity index (χ2n) is 4.26. The molecule has 0 spiro atoms. The van der Waals surface area contributed by atoms with Gasteiger partial charge >= 0.3 is 0 Å². The molecule has 0 N–H and O–H groups in total. The van der Waals surface area contributed by atoms with Gasteiger partial charge in [0.2, 0.25) is 0 Å². The van der Waals surface area contributed by atoms with Crippen LogP contribution in [0.2, 0.25) is 0 Å². The van der Waals surface area contributed by atoms with Crippen LogP contribution in [0, 0.1) is 0 Å². The van der Waals surface area contributed by atoms with Crippen LogP contribution in [0.4, 0.5) is 0 Å². The number of hydrogen-bond acceptors (Lipinski definition) is 1. The minimum Gasteiger partial charge on any atom is -0.303 e. The van der Waals surface area contributed by atoms with Gasteiger partial charge in [0.1, 0.15) is 6.29 Å². The van der Waals surface area contributed by atoms with E-state index in [9.17, 15) is 4.79 Å². The summed E-state index contributed by atoms with van der Waals surface area (Å²) in [5.74, 6) is 0.268. The molecule has 2 aromatic rings. The number of benzene rings is 2. The minimum absolute atomic E-state index is 0.268. The standard InChI is InChI=1S/C16H16O/c1-13(11-12-17)15-9-5-6-10-16(15)14-7-3-2-4-8-14/h2-10,12-13H,11H2,1H3. The molecule has 17 heavy (non-hydrogen) atoms. The highest BCUT2D eigenvalue weighted by Gasteiger charge is 2.10. The Morgan fingerprint density at radius 2 is 1.65 bits per heavy atom. The molecular formula is C16H16O. The normalized spacial score (nSPS) is 12.1. The van der Waals surface area contributed by atoms with Gasteiger partial charge in [-0.3, -0.25) is 0 Å². The highest BCUT2D eigenvalue weighted by Crippen LogP contribution is 2.30. The van der Waals surface area contributed by atoms with Crippen molar-refractivity contribution in [3.63, 3.8) is 0 Å². The molecule has 1 nitrogen and oxygen atoms in total. The van der Waals surface area contributed by atoms with Gasteiger partial charge in [0, 0.05) is 6.42 Å². The van der Waals surface area contributed by atoms with E-state index in [0.717, 1.165) is 6.29 Å². The summed E-state index contributed by atoms with van der Waals surface area (Å²) in [5, 5.41) is 0. The third-order valence-corrected chi connectivity index (χ3v) is 3.03. The summed E-state index contributed by atoms with van der Waals surface area (Å²) in [6, 6.07) is 18.6. The lowest BCUT2D eigenvalue weighted by molar-refractivity contribution is -0.108. The van der Waals surface area contributed by atoms with Crippen LogP contribution in [-0.4, -0.2) is 6.29 Å². The lowest BCUT2D eigenvalue weighted by Gasteiger charge is -2.14. The fourth-order valence-electron chi connectivity index (χ4n) is 2.08. The van der Waals surface area contributed by atoms with E-state index < -0.39 is 0 Å². The fourth-order valence-corrected chi connectivity index (χ4v) is 2.08. The molecule has 0 amide bonds. The van der Waals surface area contributed by atoms with Gasteiger partial charge in [0.25, 0.3) is 0 Å². The molecular weight excluding hydrogens is 208 g/mol. The summed E-state index contributed by atoms with van der Waals surface area (Å²) in [6.07, 6.45) is 1.57. The zero-order valence-corrected chi connectivity index (χ0v) is 9.97. The van der Waals surface area contributed by atoms with E-state index >= 15 is 0 Å².